The van der Waals surface area contributed by atoms with E-state index in [-0.39, 0.29) is 18.2 Å². The van der Waals surface area contributed by atoms with E-state index in [0.29, 0.717) is 23.2 Å². The number of pyridine rings is 1. The van der Waals surface area contributed by atoms with Gasteiger partial charge in [-0.2, -0.15) is 9.78 Å². The molecule has 3 heterocycles. The molecule has 0 spiro atoms. The van der Waals surface area contributed by atoms with E-state index in [1.54, 1.807) is 36.5 Å². The minimum atomic E-state index is -0.715. The maximum atomic E-state index is 14.0. The molecular weight excluding hydrogens is 454 g/mol. The van der Waals surface area contributed by atoms with Crippen molar-refractivity contribution in [3.63, 3.8) is 0 Å². The molecule has 2 N–H and O–H groups in total. The van der Waals surface area contributed by atoms with Gasteiger partial charge in [-0.15, -0.1) is 0 Å². The molecule has 8 nitrogen and oxygen atoms in total. The number of nitrogens with zero attached hydrogens (tertiary/aromatic N) is 5. The zero-order chi connectivity index (χ0) is 24.5. The molecule has 0 aliphatic carbocycles. The lowest BCUT2D eigenvalue weighted by molar-refractivity contribution is 0.481. The lowest BCUT2D eigenvalue weighted by atomic mass is 10.2. The van der Waals surface area contributed by atoms with Crippen LogP contribution in [-0.4, -0.2) is 38.0 Å². The van der Waals surface area contributed by atoms with Gasteiger partial charge in [0.2, 0.25) is 0 Å². The van der Waals surface area contributed by atoms with Crippen molar-refractivity contribution < 1.29 is 13.5 Å². The van der Waals surface area contributed by atoms with E-state index in [2.05, 4.69) is 21.9 Å². The molecule has 2 aromatic carbocycles. The Kier molecular flexibility index (Phi) is 6.04. The second kappa shape index (κ2) is 9.30. The topological polar surface area (TPSA) is 91.2 Å². The number of benzene rings is 2. The molecule has 0 amide bonds. The molecule has 35 heavy (non-hydrogen) atoms. The fourth-order valence-electron chi connectivity index (χ4n) is 4.28. The van der Waals surface area contributed by atoms with Crippen LogP contribution >= 0.6 is 0 Å². The maximum Gasteiger partial charge on any atom is 0.350 e. The summed E-state index contributed by atoms with van der Waals surface area (Å²) < 4.78 is 36.2. The maximum absolute atomic E-state index is 14.0. The summed E-state index contributed by atoms with van der Waals surface area (Å²) in [5.74, 6) is 0.574. The zero-order valence-corrected chi connectivity index (χ0v) is 19.0. The largest absolute Gasteiger partial charge is 0.457 e. The fourth-order valence-corrected chi connectivity index (χ4v) is 4.28. The summed E-state index contributed by atoms with van der Waals surface area (Å²) in [4.78, 5) is 19.4. The minimum Gasteiger partial charge on any atom is -0.457 e. The van der Waals surface area contributed by atoms with Crippen molar-refractivity contribution in [2.45, 2.75) is 32.0 Å². The molecular formula is C25H24F2N6O2. The number of anilines is 1. The van der Waals surface area contributed by atoms with Crippen molar-refractivity contribution in [3.8, 4) is 17.2 Å². The Morgan fingerprint density at radius 3 is 2.51 bits per heavy atom. The van der Waals surface area contributed by atoms with Gasteiger partial charge in [0, 0.05) is 36.5 Å². The molecule has 0 saturated carbocycles. The lowest BCUT2D eigenvalue weighted by Gasteiger charge is -2.22. The monoisotopic (exact) mass is 478 g/mol. The first kappa shape index (κ1) is 22.7. The second-order valence-corrected chi connectivity index (χ2v) is 8.60. The summed E-state index contributed by atoms with van der Waals surface area (Å²) in [5.41, 5.74) is 5.86. The van der Waals surface area contributed by atoms with Crippen molar-refractivity contribution in [1.82, 2.24) is 19.3 Å². The average molecular weight is 479 g/mol. The van der Waals surface area contributed by atoms with E-state index in [1.807, 2.05) is 6.07 Å². The van der Waals surface area contributed by atoms with E-state index < -0.39 is 17.3 Å². The molecule has 2 atom stereocenters. The number of halogens is 2. The van der Waals surface area contributed by atoms with Crippen molar-refractivity contribution in [3.05, 3.63) is 94.8 Å². The molecule has 5 rings (SSSR count). The van der Waals surface area contributed by atoms with Gasteiger partial charge in [0.1, 0.15) is 35.3 Å². The molecule has 1 aliphatic rings. The van der Waals surface area contributed by atoms with E-state index in [1.165, 1.54) is 12.4 Å². The van der Waals surface area contributed by atoms with Crippen LogP contribution in [0.3, 0.4) is 0 Å². The van der Waals surface area contributed by atoms with Crippen LogP contribution in [0.15, 0.2) is 71.9 Å². The highest BCUT2D eigenvalue weighted by atomic mass is 19.1. The van der Waals surface area contributed by atoms with Crippen molar-refractivity contribution in [1.29, 1.82) is 0 Å². The van der Waals surface area contributed by atoms with Crippen LogP contribution in [0.25, 0.3) is 5.69 Å². The van der Waals surface area contributed by atoms with Crippen LogP contribution in [0.2, 0.25) is 0 Å². The predicted octanol–water partition coefficient (Wildman–Crippen LogP) is 3.47. The van der Waals surface area contributed by atoms with Crippen LogP contribution < -0.4 is 21.1 Å². The zero-order valence-electron chi connectivity index (χ0n) is 19.0. The Morgan fingerprint density at radius 1 is 1.09 bits per heavy atom. The summed E-state index contributed by atoms with van der Waals surface area (Å²) in [6, 6.07) is 14.4. The van der Waals surface area contributed by atoms with Crippen molar-refractivity contribution >= 4 is 5.82 Å². The minimum absolute atomic E-state index is 0.126. The lowest BCUT2D eigenvalue weighted by Crippen LogP contribution is -2.29. The molecule has 0 bridgehead atoms. The molecule has 2 aromatic heterocycles. The van der Waals surface area contributed by atoms with Crippen LogP contribution in [0.1, 0.15) is 18.9 Å². The Bertz CT molecular complexity index is 1380. The van der Waals surface area contributed by atoms with Gasteiger partial charge in [-0.05, 0) is 55.8 Å². The highest BCUT2D eigenvalue weighted by Gasteiger charge is 2.27. The van der Waals surface area contributed by atoms with Crippen molar-refractivity contribution in [2.24, 2.45) is 5.73 Å². The Balaban J connectivity index is 1.31. The first-order valence-electron chi connectivity index (χ1n) is 11.2. The quantitative estimate of drug-likeness (QED) is 0.456. The predicted molar refractivity (Wildman–Crippen MR) is 127 cm³/mol. The highest BCUT2D eigenvalue weighted by molar-refractivity contribution is 5.47. The van der Waals surface area contributed by atoms with Gasteiger partial charge in [-0.1, -0.05) is 6.07 Å². The molecule has 1 aliphatic heterocycles. The molecule has 1 unspecified atom stereocenters. The van der Waals surface area contributed by atoms with Crippen LogP contribution in [0.4, 0.5) is 14.6 Å². The fraction of sp³-hybridized carbons (Fsp3) is 0.240. The number of rotatable bonds is 6. The third kappa shape index (κ3) is 4.65. The number of aromatic nitrogens is 4. The Hall–Kier alpha value is -4.05. The number of hydrogen-bond acceptors (Lipinski definition) is 6. The standard InChI is InChI=1S/C25H24F2N6O2/c1-16-11-17(28)13-32(16)24-12-20(9-10-29-24)35-19-7-5-18(6-8-19)33-25(34)31(15-30-33)14-21-22(26)3-2-4-23(21)27/h2-10,12,15-17H,11,13-14,28H2,1H3/t16-,17?/m0/s1. The van der Waals surface area contributed by atoms with Gasteiger partial charge in [0.05, 0.1) is 12.2 Å². The van der Waals surface area contributed by atoms with Crippen molar-refractivity contribution in [2.75, 3.05) is 11.4 Å². The molecule has 4 aromatic rings. The Morgan fingerprint density at radius 2 is 1.83 bits per heavy atom. The average Bonchev–Trinajstić information content (AvgIpc) is 3.38. The van der Waals surface area contributed by atoms with Gasteiger partial charge >= 0.3 is 5.69 Å². The second-order valence-electron chi connectivity index (χ2n) is 8.60. The number of nitrogens with two attached hydrogens (primary N) is 1. The van der Waals surface area contributed by atoms with Crippen LogP contribution in [-0.2, 0) is 6.54 Å². The Labute approximate surface area is 200 Å². The molecule has 1 fully saturated rings. The molecule has 10 heteroatoms. The van der Waals surface area contributed by atoms with Gasteiger partial charge in [0.15, 0.2) is 0 Å². The first-order chi connectivity index (χ1) is 16.9. The van der Waals surface area contributed by atoms with Gasteiger partial charge < -0.3 is 15.4 Å². The van der Waals surface area contributed by atoms with E-state index in [0.717, 1.165) is 40.2 Å². The summed E-state index contributed by atoms with van der Waals surface area (Å²) >= 11 is 0. The van der Waals surface area contributed by atoms with Crippen LogP contribution in [0, 0.1) is 11.6 Å². The SMILES string of the molecule is C[C@H]1CC(N)CN1c1cc(Oc2ccc(-n3ncn(Cc4c(F)cccc4F)c3=O)cc2)ccn1. The molecule has 1 saturated heterocycles. The van der Waals surface area contributed by atoms with E-state index in [9.17, 15) is 13.6 Å². The number of hydrogen-bond donors (Lipinski definition) is 1. The summed E-state index contributed by atoms with van der Waals surface area (Å²) in [6.45, 7) is 2.61. The van der Waals surface area contributed by atoms with Gasteiger partial charge in [-0.3, -0.25) is 4.57 Å². The summed E-state index contributed by atoms with van der Waals surface area (Å²) in [5, 5.41) is 4.08. The summed E-state index contributed by atoms with van der Waals surface area (Å²) in [6.07, 6.45) is 3.86. The van der Waals surface area contributed by atoms with Crippen LogP contribution in [0.5, 0.6) is 11.5 Å². The third-order valence-corrected chi connectivity index (χ3v) is 6.06. The van der Waals surface area contributed by atoms with Gasteiger partial charge in [-0.25, -0.2) is 18.6 Å². The highest BCUT2D eigenvalue weighted by Crippen LogP contribution is 2.28. The third-order valence-electron chi connectivity index (χ3n) is 6.06. The normalized spacial score (nSPS) is 17.7. The smallest absolute Gasteiger partial charge is 0.350 e. The molecule has 0 radical (unpaired) electrons. The molecule has 180 valence electrons. The number of ether oxygens (including phenoxy) is 1. The van der Waals surface area contributed by atoms with E-state index >= 15 is 0 Å². The van der Waals surface area contributed by atoms with E-state index in [4.69, 9.17) is 10.5 Å². The summed E-state index contributed by atoms with van der Waals surface area (Å²) in [7, 11) is 0. The first-order valence-corrected chi connectivity index (χ1v) is 11.2. The van der Waals surface area contributed by atoms with Gasteiger partial charge in [0.25, 0.3) is 0 Å².